The third-order valence-corrected chi connectivity index (χ3v) is 3.27. The first-order valence-electron chi connectivity index (χ1n) is 6.04. The van der Waals surface area contributed by atoms with Crippen LogP contribution >= 0.6 is 0 Å². The largest absolute Gasteiger partial charge is 0.368 e. The van der Waals surface area contributed by atoms with Gasteiger partial charge in [0.1, 0.15) is 6.33 Å². The van der Waals surface area contributed by atoms with Gasteiger partial charge in [0.25, 0.3) is 0 Å². The third-order valence-electron chi connectivity index (χ3n) is 3.27. The number of aldehydes is 1. The van der Waals surface area contributed by atoms with E-state index in [4.69, 9.17) is 0 Å². The van der Waals surface area contributed by atoms with Crippen molar-refractivity contribution < 1.29 is 4.79 Å². The summed E-state index contributed by atoms with van der Waals surface area (Å²) in [5.41, 5.74) is 2.46. The summed E-state index contributed by atoms with van der Waals surface area (Å²) in [5, 5.41) is 4.27. The van der Waals surface area contributed by atoms with E-state index in [1.54, 1.807) is 6.20 Å². The quantitative estimate of drug-likeness (QED) is 0.791. The van der Waals surface area contributed by atoms with Gasteiger partial charge in [-0.1, -0.05) is 0 Å². The summed E-state index contributed by atoms with van der Waals surface area (Å²) in [6, 6.07) is 3.82. The van der Waals surface area contributed by atoms with Crippen LogP contribution in [0.1, 0.15) is 10.4 Å². The molecule has 1 saturated heterocycles. The molecule has 2 aromatic rings. The minimum Gasteiger partial charge on any atom is -0.368 e. The molecule has 18 heavy (non-hydrogen) atoms. The fourth-order valence-electron chi connectivity index (χ4n) is 2.36. The predicted molar refractivity (Wildman–Crippen MR) is 70.0 cm³/mol. The van der Waals surface area contributed by atoms with Gasteiger partial charge in [0.15, 0.2) is 6.29 Å². The second-order valence-corrected chi connectivity index (χ2v) is 4.31. The average molecular weight is 242 g/mol. The number of fused-ring (bicyclic) bond motifs is 1. The highest BCUT2D eigenvalue weighted by atomic mass is 16.1. The molecule has 1 aromatic carbocycles. The molecule has 1 N–H and O–H groups in total. The summed E-state index contributed by atoms with van der Waals surface area (Å²) in [4.78, 5) is 21.6. The normalized spacial score (nSPS) is 15.9. The second-order valence-electron chi connectivity index (χ2n) is 4.31. The van der Waals surface area contributed by atoms with Crippen molar-refractivity contribution in [2.24, 2.45) is 0 Å². The molecule has 0 aliphatic carbocycles. The molecule has 0 radical (unpaired) electrons. The van der Waals surface area contributed by atoms with Gasteiger partial charge in [0.2, 0.25) is 0 Å². The molecule has 5 heteroatoms. The zero-order chi connectivity index (χ0) is 12.4. The summed E-state index contributed by atoms with van der Waals surface area (Å²) in [7, 11) is 0. The van der Waals surface area contributed by atoms with E-state index >= 15 is 0 Å². The number of carbonyl (C=O) groups is 1. The number of hydrogen-bond acceptors (Lipinski definition) is 5. The van der Waals surface area contributed by atoms with Gasteiger partial charge in [-0.15, -0.1) is 0 Å². The second kappa shape index (κ2) is 4.70. The maximum absolute atomic E-state index is 11.0. The van der Waals surface area contributed by atoms with Crippen molar-refractivity contribution in [3.05, 3.63) is 30.2 Å². The molecule has 0 amide bonds. The van der Waals surface area contributed by atoms with Crippen molar-refractivity contribution >= 4 is 22.9 Å². The summed E-state index contributed by atoms with van der Waals surface area (Å²) in [6.07, 6.45) is 4.11. The molecule has 3 rings (SSSR count). The Morgan fingerprint density at radius 2 is 2.11 bits per heavy atom. The van der Waals surface area contributed by atoms with Gasteiger partial charge in [-0.25, -0.2) is 9.97 Å². The van der Waals surface area contributed by atoms with Gasteiger partial charge in [-0.05, 0) is 12.1 Å². The zero-order valence-corrected chi connectivity index (χ0v) is 9.97. The minimum absolute atomic E-state index is 0.617. The van der Waals surface area contributed by atoms with Crippen LogP contribution in [0.2, 0.25) is 0 Å². The Kier molecular flexibility index (Phi) is 2.90. The molecule has 1 aromatic heterocycles. The summed E-state index contributed by atoms with van der Waals surface area (Å²) in [6.45, 7) is 3.88. The van der Waals surface area contributed by atoms with E-state index in [-0.39, 0.29) is 0 Å². The molecule has 1 aliphatic heterocycles. The van der Waals surface area contributed by atoms with Gasteiger partial charge in [-0.3, -0.25) is 4.79 Å². The van der Waals surface area contributed by atoms with E-state index in [1.807, 2.05) is 12.1 Å². The number of rotatable bonds is 2. The van der Waals surface area contributed by atoms with Crippen LogP contribution in [0.4, 0.5) is 5.69 Å². The lowest BCUT2D eigenvalue weighted by Gasteiger charge is -2.30. The molecule has 92 valence electrons. The molecule has 0 spiro atoms. The molecule has 0 saturated carbocycles. The van der Waals surface area contributed by atoms with Crippen LogP contribution in [-0.4, -0.2) is 42.4 Å². The topological polar surface area (TPSA) is 58.1 Å². The standard InChI is InChI=1S/C13H14N4O/c18-8-10-1-2-12(17-5-3-14-4-6-17)11-7-15-9-16-13(10)11/h1-2,7-9,14H,3-6H2. The van der Waals surface area contributed by atoms with E-state index in [0.717, 1.165) is 49.1 Å². The Labute approximate surface area is 105 Å². The predicted octanol–water partition coefficient (Wildman–Crippen LogP) is 0.852. The summed E-state index contributed by atoms with van der Waals surface area (Å²) < 4.78 is 0. The first-order chi connectivity index (χ1) is 8.90. The van der Waals surface area contributed by atoms with E-state index in [2.05, 4.69) is 20.2 Å². The highest BCUT2D eigenvalue weighted by Crippen LogP contribution is 2.27. The molecule has 5 nitrogen and oxygen atoms in total. The number of nitrogens with one attached hydrogen (secondary N) is 1. The Balaban J connectivity index is 2.14. The number of anilines is 1. The van der Waals surface area contributed by atoms with Crippen molar-refractivity contribution in [2.45, 2.75) is 0 Å². The van der Waals surface area contributed by atoms with Crippen LogP contribution in [0, 0.1) is 0 Å². The Bertz CT molecular complexity index is 578. The molecular weight excluding hydrogens is 228 g/mol. The van der Waals surface area contributed by atoms with Gasteiger partial charge >= 0.3 is 0 Å². The molecule has 0 atom stereocenters. The number of aromatic nitrogens is 2. The fourth-order valence-corrected chi connectivity index (χ4v) is 2.36. The average Bonchev–Trinajstić information content (AvgIpc) is 2.47. The van der Waals surface area contributed by atoms with Crippen LogP contribution < -0.4 is 10.2 Å². The monoisotopic (exact) mass is 242 g/mol. The van der Waals surface area contributed by atoms with E-state index in [1.165, 1.54) is 6.33 Å². The molecule has 0 bridgehead atoms. The molecule has 1 fully saturated rings. The molecule has 2 heterocycles. The van der Waals surface area contributed by atoms with Crippen molar-refractivity contribution in [3.8, 4) is 0 Å². The maximum atomic E-state index is 11.0. The smallest absolute Gasteiger partial charge is 0.152 e. The lowest BCUT2D eigenvalue weighted by atomic mass is 10.1. The molecular formula is C13H14N4O. The molecule has 0 unspecified atom stereocenters. The number of nitrogens with zero attached hydrogens (tertiary/aromatic N) is 3. The third kappa shape index (κ3) is 1.82. The van der Waals surface area contributed by atoms with Gasteiger partial charge < -0.3 is 10.2 Å². The zero-order valence-electron chi connectivity index (χ0n) is 9.97. The highest BCUT2D eigenvalue weighted by Gasteiger charge is 2.15. The lowest BCUT2D eigenvalue weighted by Crippen LogP contribution is -2.43. The maximum Gasteiger partial charge on any atom is 0.152 e. The number of hydrogen-bond donors (Lipinski definition) is 1. The fraction of sp³-hybridized carbons (Fsp3) is 0.308. The Hall–Kier alpha value is -2.01. The Morgan fingerprint density at radius 3 is 2.89 bits per heavy atom. The van der Waals surface area contributed by atoms with Crippen molar-refractivity contribution in [3.63, 3.8) is 0 Å². The SMILES string of the molecule is O=Cc1ccc(N2CCNCC2)c2cncnc12. The van der Waals surface area contributed by atoms with Gasteiger partial charge in [0, 0.05) is 49.0 Å². The van der Waals surface area contributed by atoms with Crippen molar-refractivity contribution in [2.75, 3.05) is 31.1 Å². The first-order valence-corrected chi connectivity index (χ1v) is 6.04. The summed E-state index contributed by atoms with van der Waals surface area (Å²) >= 11 is 0. The Morgan fingerprint density at radius 1 is 1.28 bits per heavy atom. The van der Waals surface area contributed by atoms with Crippen LogP contribution in [0.5, 0.6) is 0 Å². The van der Waals surface area contributed by atoms with Crippen molar-refractivity contribution in [1.29, 1.82) is 0 Å². The van der Waals surface area contributed by atoms with E-state index in [9.17, 15) is 4.79 Å². The van der Waals surface area contributed by atoms with Gasteiger partial charge in [0.05, 0.1) is 5.52 Å². The van der Waals surface area contributed by atoms with Crippen LogP contribution in [0.25, 0.3) is 10.9 Å². The minimum atomic E-state index is 0.617. The van der Waals surface area contributed by atoms with Crippen molar-refractivity contribution in [1.82, 2.24) is 15.3 Å². The van der Waals surface area contributed by atoms with E-state index in [0.29, 0.717) is 5.56 Å². The first kappa shape index (κ1) is 11.1. The van der Waals surface area contributed by atoms with Crippen LogP contribution in [0.15, 0.2) is 24.7 Å². The number of piperazine rings is 1. The van der Waals surface area contributed by atoms with Crippen LogP contribution in [-0.2, 0) is 0 Å². The van der Waals surface area contributed by atoms with Gasteiger partial charge in [-0.2, -0.15) is 0 Å². The number of benzene rings is 1. The summed E-state index contributed by atoms with van der Waals surface area (Å²) in [5.74, 6) is 0. The van der Waals surface area contributed by atoms with Crippen LogP contribution in [0.3, 0.4) is 0 Å². The highest BCUT2D eigenvalue weighted by molar-refractivity contribution is 6.01. The molecule has 1 aliphatic rings. The van der Waals surface area contributed by atoms with E-state index < -0.39 is 0 Å². The number of carbonyl (C=O) groups excluding carboxylic acids is 1. The lowest BCUT2D eigenvalue weighted by molar-refractivity contribution is 0.112.